The lowest BCUT2D eigenvalue weighted by Gasteiger charge is -2.23. The first kappa shape index (κ1) is 37.8. The molecule has 1 aromatic rings. The highest BCUT2D eigenvalue weighted by atomic mass is 31.1. The molecule has 0 aromatic heterocycles. The van der Waals surface area contributed by atoms with Gasteiger partial charge in [-0.1, -0.05) is 110 Å². The predicted octanol–water partition coefficient (Wildman–Crippen LogP) is 9.70. The highest BCUT2D eigenvalue weighted by Crippen LogP contribution is 2.53. The maximum absolute atomic E-state index is 13.9. The molecule has 1 unspecified atom stereocenters. The van der Waals surface area contributed by atoms with Gasteiger partial charge in [0.1, 0.15) is 0 Å². The number of allylic oxidation sites excluding steroid dienone is 1. The van der Waals surface area contributed by atoms with Crippen molar-refractivity contribution in [2.45, 2.75) is 131 Å². The van der Waals surface area contributed by atoms with Crippen molar-refractivity contribution in [2.75, 3.05) is 33.0 Å². The highest BCUT2D eigenvalue weighted by Gasteiger charge is 2.44. The lowest BCUT2D eigenvalue weighted by molar-refractivity contribution is -0.107. The van der Waals surface area contributed by atoms with Crippen molar-refractivity contribution >= 4 is 18.6 Å². The molecule has 0 bridgehead atoms. The average Bonchev–Trinajstić information content (AvgIpc) is 3.00. The number of benzene rings is 1. The largest absolute Gasteiger partial charge is 0.486 e. The number of carbonyl (C=O) groups excluding carboxylic acids is 1. The van der Waals surface area contributed by atoms with Crippen LogP contribution < -0.4 is 29.0 Å². The SMILES string of the molecule is C=CC(=O)[P+](=O)c1c(OCCCCC)c(OCCCCC)c(OCCCCC)c(OCCCCC)c1OCCCCC. The normalized spacial score (nSPS) is 11.2. The molecule has 1 rings (SSSR count). The molecular weight excluding hydrogens is 551 g/mol. The highest BCUT2D eigenvalue weighted by molar-refractivity contribution is 7.71. The van der Waals surface area contributed by atoms with Crippen molar-refractivity contribution in [3.63, 3.8) is 0 Å². The molecule has 0 fully saturated rings. The Labute approximate surface area is 256 Å². The van der Waals surface area contributed by atoms with E-state index in [-0.39, 0.29) is 16.8 Å². The first-order valence-corrected chi connectivity index (χ1v) is 17.8. The molecule has 0 spiro atoms. The summed E-state index contributed by atoms with van der Waals surface area (Å²) in [6.07, 6.45) is 15.5. The Kier molecular flexibility index (Phi) is 21.8. The summed E-state index contributed by atoms with van der Waals surface area (Å²) in [5.41, 5.74) is -0.590. The Balaban J connectivity index is 3.94. The molecule has 0 saturated carbocycles. The molecule has 0 saturated heterocycles. The van der Waals surface area contributed by atoms with E-state index in [0.29, 0.717) is 50.3 Å². The molecule has 7 nitrogen and oxygen atoms in total. The molecule has 8 heteroatoms. The molecule has 0 amide bonds. The zero-order valence-corrected chi connectivity index (χ0v) is 28.1. The van der Waals surface area contributed by atoms with Crippen LogP contribution in [0.2, 0.25) is 0 Å². The minimum Gasteiger partial charge on any atom is -0.486 e. The van der Waals surface area contributed by atoms with Gasteiger partial charge in [-0.3, -0.25) is 0 Å². The summed E-state index contributed by atoms with van der Waals surface area (Å²) in [4.78, 5) is 12.9. The summed E-state index contributed by atoms with van der Waals surface area (Å²) in [5, 5.41) is 0.180. The lowest BCUT2D eigenvalue weighted by Crippen LogP contribution is -2.19. The number of ether oxygens (including phenoxy) is 5. The van der Waals surface area contributed by atoms with E-state index in [1.165, 1.54) is 0 Å². The number of hydrogen-bond donors (Lipinski definition) is 0. The van der Waals surface area contributed by atoms with Crippen LogP contribution in [0.25, 0.3) is 0 Å². The Bertz CT molecular complexity index is 867. The zero-order valence-electron chi connectivity index (χ0n) is 27.2. The second kappa shape index (κ2) is 24.2. The van der Waals surface area contributed by atoms with Gasteiger partial charge in [-0.05, 0) is 32.1 Å². The quantitative estimate of drug-likeness (QED) is 0.0531. The van der Waals surface area contributed by atoms with Gasteiger partial charge in [-0.2, -0.15) is 0 Å². The molecular formula is C34H58O7P+. The summed E-state index contributed by atoms with van der Waals surface area (Å²) in [5.74, 6) is 1.63. The minimum absolute atomic E-state index is 0.180. The number of hydrogen-bond acceptors (Lipinski definition) is 7. The van der Waals surface area contributed by atoms with E-state index in [4.69, 9.17) is 23.7 Å². The lowest BCUT2D eigenvalue weighted by atomic mass is 10.2. The van der Waals surface area contributed by atoms with Crippen LogP contribution in [-0.2, 0) is 9.36 Å². The van der Waals surface area contributed by atoms with E-state index in [1.807, 2.05) is 0 Å². The van der Waals surface area contributed by atoms with Crippen molar-refractivity contribution < 1.29 is 33.0 Å². The van der Waals surface area contributed by atoms with Crippen molar-refractivity contribution in [1.82, 2.24) is 0 Å². The van der Waals surface area contributed by atoms with Gasteiger partial charge in [-0.25, -0.2) is 4.79 Å². The second-order valence-corrected chi connectivity index (χ2v) is 12.1. The van der Waals surface area contributed by atoms with E-state index >= 15 is 0 Å². The summed E-state index contributed by atoms with van der Waals surface area (Å²) in [7, 11) is -2.61. The van der Waals surface area contributed by atoms with E-state index in [9.17, 15) is 9.36 Å². The van der Waals surface area contributed by atoms with Crippen LogP contribution in [0.5, 0.6) is 28.7 Å². The van der Waals surface area contributed by atoms with Crippen LogP contribution in [0.1, 0.15) is 131 Å². The van der Waals surface area contributed by atoms with Crippen molar-refractivity contribution in [2.24, 2.45) is 0 Å². The van der Waals surface area contributed by atoms with Gasteiger partial charge in [0.15, 0.2) is 0 Å². The van der Waals surface area contributed by atoms with Gasteiger partial charge in [0.25, 0.3) is 5.30 Å². The van der Waals surface area contributed by atoms with E-state index in [2.05, 4.69) is 41.2 Å². The third-order valence-electron chi connectivity index (χ3n) is 6.80. The molecule has 1 aromatic carbocycles. The maximum atomic E-state index is 13.9. The average molecular weight is 610 g/mol. The molecule has 0 heterocycles. The van der Waals surface area contributed by atoms with Gasteiger partial charge in [0.2, 0.25) is 28.7 Å². The third kappa shape index (κ3) is 13.4. The molecule has 0 radical (unpaired) electrons. The van der Waals surface area contributed by atoms with Crippen molar-refractivity contribution in [1.29, 1.82) is 0 Å². The van der Waals surface area contributed by atoms with Crippen LogP contribution in [0, 0.1) is 0 Å². The van der Waals surface area contributed by atoms with E-state index in [0.717, 1.165) is 102 Å². The predicted molar refractivity (Wildman–Crippen MR) is 174 cm³/mol. The molecule has 1 atom stereocenters. The first-order valence-electron chi connectivity index (χ1n) is 16.5. The summed E-state index contributed by atoms with van der Waals surface area (Å²) >= 11 is 0. The summed E-state index contributed by atoms with van der Waals surface area (Å²) in [6, 6.07) is 0. The first-order chi connectivity index (χ1) is 20.5. The molecule has 0 aliphatic heterocycles. The Hall–Kier alpha value is -2.27. The maximum Gasteiger partial charge on any atom is 0.466 e. The number of rotatable bonds is 28. The van der Waals surface area contributed by atoms with Crippen molar-refractivity contribution in [3.8, 4) is 28.7 Å². The van der Waals surface area contributed by atoms with Gasteiger partial charge in [-0.15, -0.1) is 0 Å². The molecule has 42 heavy (non-hydrogen) atoms. The van der Waals surface area contributed by atoms with Crippen LogP contribution in [-0.4, -0.2) is 38.6 Å². The monoisotopic (exact) mass is 609 g/mol. The van der Waals surface area contributed by atoms with Gasteiger partial charge in [0, 0.05) is 6.08 Å². The number of carbonyl (C=O) groups is 1. The van der Waals surface area contributed by atoms with Crippen LogP contribution in [0.15, 0.2) is 12.7 Å². The number of unbranched alkanes of at least 4 members (excludes halogenated alkanes) is 10. The molecule has 0 aliphatic rings. The second-order valence-electron chi connectivity index (χ2n) is 10.6. The molecule has 0 N–H and O–H groups in total. The van der Waals surface area contributed by atoms with Gasteiger partial charge in [0.05, 0.1) is 33.0 Å². The van der Waals surface area contributed by atoms with E-state index < -0.39 is 13.3 Å². The summed E-state index contributed by atoms with van der Waals surface area (Å²) < 4.78 is 45.9. The molecule has 240 valence electrons. The topological polar surface area (TPSA) is 80.3 Å². The molecule has 0 aliphatic carbocycles. The van der Waals surface area contributed by atoms with Gasteiger partial charge < -0.3 is 23.7 Å². The van der Waals surface area contributed by atoms with Crippen LogP contribution >= 0.6 is 7.80 Å². The third-order valence-corrected chi connectivity index (χ3v) is 8.20. The standard InChI is InChI=1S/C34H58O7P/c1-7-13-18-23-37-29-30(38-24-19-14-8-2)32(40-26-21-16-10-4)34(42(36)28(35)12-6)33(41-27-22-17-11-5)31(29)39-25-20-15-9-3/h12H,6-11,13-27H2,1-5H3/q+1. The summed E-state index contributed by atoms with van der Waals surface area (Å²) in [6.45, 7) is 16.4. The Morgan fingerprint density at radius 2 is 0.786 bits per heavy atom. The van der Waals surface area contributed by atoms with Gasteiger partial charge >= 0.3 is 13.3 Å². The smallest absolute Gasteiger partial charge is 0.466 e. The Morgan fingerprint density at radius 3 is 1.05 bits per heavy atom. The fraction of sp³-hybridized carbons (Fsp3) is 0.735. The Morgan fingerprint density at radius 1 is 0.524 bits per heavy atom. The van der Waals surface area contributed by atoms with E-state index in [1.54, 1.807) is 0 Å². The van der Waals surface area contributed by atoms with Crippen molar-refractivity contribution in [3.05, 3.63) is 12.7 Å². The fourth-order valence-corrected chi connectivity index (χ4v) is 5.38. The fourth-order valence-electron chi connectivity index (χ4n) is 4.30. The van der Waals surface area contributed by atoms with Crippen LogP contribution in [0.3, 0.4) is 0 Å². The zero-order chi connectivity index (χ0) is 31.0. The van der Waals surface area contributed by atoms with Crippen LogP contribution in [0.4, 0.5) is 0 Å². The minimum atomic E-state index is -2.61.